The van der Waals surface area contributed by atoms with E-state index in [1.165, 1.54) is 16.3 Å². The summed E-state index contributed by atoms with van der Waals surface area (Å²) in [6, 6.07) is 68.4. The van der Waals surface area contributed by atoms with Gasteiger partial charge in [-0.1, -0.05) is 140 Å². The summed E-state index contributed by atoms with van der Waals surface area (Å²) in [4.78, 5) is 10.9. The Morgan fingerprint density at radius 2 is 1.05 bits per heavy atom. The van der Waals surface area contributed by atoms with Crippen LogP contribution in [0.1, 0.15) is 0 Å². The molecule has 5 heterocycles. The van der Waals surface area contributed by atoms with Crippen molar-refractivity contribution in [2.45, 2.75) is 0 Å². The normalized spacial score (nSPS) is 12.3. The van der Waals surface area contributed by atoms with Crippen LogP contribution in [0.3, 0.4) is 0 Å². The van der Waals surface area contributed by atoms with E-state index in [1.54, 1.807) is 0 Å². The van der Waals surface area contributed by atoms with E-state index in [4.69, 9.17) is 19.1 Å². The Labute approximate surface area is 354 Å². The Kier molecular flexibility index (Phi) is 6.74. The molecule has 0 saturated heterocycles. The first-order valence-corrected chi connectivity index (χ1v) is 20.9. The average molecular weight is 793 g/mol. The van der Waals surface area contributed by atoms with Crippen LogP contribution in [0.2, 0.25) is 0 Å². The highest BCUT2D eigenvalue weighted by atomic mass is 16.5. The lowest BCUT2D eigenvalue weighted by Gasteiger charge is -2.22. The van der Waals surface area contributed by atoms with Gasteiger partial charge in [-0.15, -0.1) is 0 Å². The fourth-order valence-electron chi connectivity index (χ4n) is 10.0. The molecular weight excluding hydrogens is 761 g/mol. The third-order valence-corrected chi connectivity index (χ3v) is 12.7. The minimum absolute atomic E-state index is 0.554. The summed E-state index contributed by atoms with van der Waals surface area (Å²) in [7, 11) is 0. The van der Waals surface area contributed by atoms with Crippen LogP contribution in [-0.4, -0.2) is 19.1 Å². The minimum atomic E-state index is 0.554. The predicted octanol–water partition coefficient (Wildman–Crippen LogP) is 14.8. The molecule has 1 aliphatic rings. The highest BCUT2D eigenvalue weighted by Crippen LogP contribution is 2.51. The van der Waals surface area contributed by atoms with Crippen LogP contribution in [-0.2, 0) is 0 Å². The molecule has 4 aromatic heterocycles. The van der Waals surface area contributed by atoms with Crippen molar-refractivity contribution in [1.29, 1.82) is 0 Å². The number of aromatic nitrogens is 4. The van der Waals surface area contributed by atoms with Crippen LogP contribution in [0.25, 0.3) is 122 Å². The third-order valence-electron chi connectivity index (χ3n) is 12.7. The second-order valence-electron chi connectivity index (χ2n) is 16.1. The second-order valence-corrected chi connectivity index (χ2v) is 16.1. The molecule has 0 spiro atoms. The van der Waals surface area contributed by atoms with Gasteiger partial charge in [-0.3, -0.25) is 4.57 Å². The molecule has 0 amide bonds. The van der Waals surface area contributed by atoms with Crippen LogP contribution < -0.4 is 4.74 Å². The van der Waals surface area contributed by atoms with E-state index in [2.05, 4.69) is 155 Å². The van der Waals surface area contributed by atoms with Crippen LogP contribution >= 0.6 is 0 Å². The molecule has 0 saturated carbocycles. The van der Waals surface area contributed by atoms with E-state index < -0.39 is 0 Å². The molecule has 9 aromatic carbocycles. The van der Waals surface area contributed by atoms with Crippen LogP contribution in [0.5, 0.6) is 11.5 Å². The molecule has 0 unspecified atom stereocenters. The minimum Gasteiger partial charge on any atom is -0.456 e. The van der Waals surface area contributed by atoms with Crippen molar-refractivity contribution < 1.29 is 9.15 Å². The molecule has 14 rings (SSSR count). The quantitative estimate of drug-likeness (QED) is 0.178. The van der Waals surface area contributed by atoms with Crippen molar-refractivity contribution in [3.63, 3.8) is 0 Å². The van der Waals surface area contributed by atoms with Gasteiger partial charge < -0.3 is 13.7 Å². The van der Waals surface area contributed by atoms with Crippen molar-refractivity contribution in [1.82, 2.24) is 19.1 Å². The molecule has 13 aromatic rings. The molecule has 6 nitrogen and oxygen atoms in total. The Balaban J connectivity index is 1.09. The Bertz CT molecular complexity index is 4010. The van der Waals surface area contributed by atoms with E-state index in [-0.39, 0.29) is 0 Å². The van der Waals surface area contributed by atoms with Gasteiger partial charge >= 0.3 is 0 Å². The number of hydrogen-bond acceptors (Lipinski definition) is 4. The zero-order valence-corrected chi connectivity index (χ0v) is 33.1. The van der Waals surface area contributed by atoms with Crippen molar-refractivity contribution in [3.05, 3.63) is 194 Å². The molecule has 0 N–H and O–H groups in total. The molecule has 62 heavy (non-hydrogen) atoms. The molecule has 0 fully saturated rings. The summed E-state index contributed by atoms with van der Waals surface area (Å²) in [5, 5.41) is 7.83. The zero-order chi connectivity index (χ0) is 40.5. The number of fused-ring (bicyclic) bond motifs is 12. The van der Waals surface area contributed by atoms with Gasteiger partial charge in [-0.05, 0) is 70.6 Å². The maximum atomic E-state index is 6.79. The molecule has 6 heteroatoms. The van der Waals surface area contributed by atoms with E-state index in [0.29, 0.717) is 11.5 Å². The van der Waals surface area contributed by atoms with Crippen LogP contribution in [0.15, 0.2) is 199 Å². The van der Waals surface area contributed by atoms with Crippen molar-refractivity contribution in [2.24, 2.45) is 0 Å². The number of nitrogens with zero attached hydrogens (tertiary/aromatic N) is 4. The van der Waals surface area contributed by atoms with E-state index in [0.717, 1.165) is 105 Å². The first-order valence-electron chi connectivity index (χ1n) is 20.9. The number of hydrogen-bond donors (Lipinski definition) is 0. The number of para-hydroxylation sites is 4. The highest BCUT2D eigenvalue weighted by Gasteiger charge is 2.27. The lowest BCUT2D eigenvalue weighted by Crippen LogP contribution is -2.03. The summed E-state index contributed by atoms with van der Waals surface area (Å²) in [5.74, 6) is 2.20. The molecule has 1 aliphatic heterocycles. The number of ether oxygens (including phenoxy) is 1. The largest absolute Gasteiger partial charge is 0.456 e. The first-order chi connectivity index (χ1) is 30.7. The number of rotatable bonds is 4. The smallest absolute Gasteiger partial charge is 0.236 e. The molecule has 0 bridgehead atoms. The maximum Gasteiger partial charge on any atom is 0.236 e. The van der Waals surface area contributed by atoms with Gasteiger partial charge in [0.15, 0.2) is 5.58 Å². The molecule has 288 valence electrons. The Morgan fingerprint density at radius 1 is 0.387 bits per heavy atom. The summed E-state index contributed by atoms with van der Waals surface area (Å²) >= 11 is 0. The van der Waals surface area contributed by atoms with E-state index in [9.17, 15) is 0 Å². The SMILES string of the molecule is c1ccc(-c2nc(-n3c4cc(-c5ccc6c7ccccc7n(-c7ccccc7)c6c5)ccc4c4c5cccc6c5c(cc43)Oc3ccccc3-6)nc3c2oc2ccccc23)cc1. The standard InChI is InChI=1S/C56H32N4O2/c1-3-14-33(15-4-1)53-55-54(42-20-9-12-25-49(42)62-55)58-56(57-53)60-46-31-35(34-26-28-38-37-18-7-10-23-44(37)59(45(38)30-34)36-16-5-2-6-17-36)27-29-41(46)51-43-22-13-21-40-39-19-8-11-24-48(39)61-50(52(40)43)32-47(51)60/h1-32H. The summed E-state index contributed by atoms with van der Waals surface area (Å²) < 4.78 is 17.9. The maximum absolute atomic E-state index is 6.79. The predicted molar refractivity (Wildman–Crippen MR) is 252 cm³/mol. The fourth-order valence-corrected chi connectivity index (χ4v) is 10.0. The van der Waals surface area contributed by atoms with Crippen LogP contribution in [0.4, 0.5) is 0 Å². The van der Waals surface area contributed by atoms with Gasteiger partial charge in [0.05, 0.1) is 22.1 Å². The lowest BCUT2D eigenvalue weighted by atomic mass is 9.92. The number of benzene rings is 9. The summed E-state index contributed by atoms with van der Waals surface area (Å²) in [6.45, 7) is 0. The molecule has 0 aliphatic carbocycles. The highest BCUT2D eigenvalue weighted by molar-refractivity contribution is 6.26. The van der Waals surface area contributed by atoms with Gasteiger partial charge in [0.25, 0.3) is 0 Å². The van der Waals surface area contributed by atoms with Gasteiger partial charge in [0.2, 0.25) is 5.95 Å². The third kappa shape index (κ3) is 4.63. The topological polar surface area (TPSA) is 58.0 Å². The molecule has 0 atom stereocenters. The van der Waals surface area contributed by atoms with Gasteiger partial charge in [0.1, 0.15) is 28.3 Å². The Hall–Kier alpha value is -8.48. The van der Waals surface area contributed by atoms with Gasteiger partial charge in [-0.2, -0.15) is 0 Å². The van der Waals surface area contributed by atoms with Gasteiger partial charge in [-0.25, -0.2) is 9.97 Å². The van der Waals surface area contributed by atoms with Crippen molar-refractivity contribution in [2.75, 3.05) is 0 Å². The molecular formula is C56H32N4O2. The Morgan fingerprint density at radius 3 is 1.90 bits per heavy atom. The average Bonchev–Trinajstić information content (AvgIpc) is 3.99. The van der Waals surface area contributed by atoms with E-state index in [1.807, 2.05) is 48.5 Å². The fraction of sp³-hybridized carbons (Fsp3) is 0. The van der Waals surface area contributed by atoms with Crippen LogP contribution in [0, 0.1) is 0 Å². The van der Waals surface area contributed by atoms with Crippen molar-refractivity contribution >= 4 is 76.5 Å². The first kappa shape index (κ1) is 33.4. The second kappa shape index (κ2) is 12.5. The molecule has 0 radical (unpaired) electrons. The monoisotopic (exact) mass is 792 g/mol. The lowest BCUT2D eigenvalue weighted by molar-refractivity contribution is 0.487. The zero-order valence-electron chi connectivity index (χ0n) is 33.1. The van der Waals surface area contributed by atoms with Crippen molar-refractivity contribution in [3.8, 4) is 56.6 Å². The van der Waals surface area contributed by atoms with E-state index >= 15 is 0 Å². The number of furan rings is 1. The summed E-state index contributed by atoms with van der Waals surface area (Å²) in [5.41, 5.74) is 13.8. The van der Waals surface area contributed by atoms with Gasteiger partial charge in [0, 0.05) is 55.2 Å². The summed E-state index contributed by atoms with van der Waals surface area (Å²) in [6.07, 6.45) is 0.